The molecule has 0 aromatic carbocycles. The van der Waals surface area contributed by atoms with Gasteiger partial charge in [0.05, 0.1) is 0 Å². The van der Waals surface area contributed by atoms with Crippen molar-refractivity contribution in [3.05, 3.63) is 11.3 Å². The van der Waals surface area contributed by atoms with Crippen LogP contribution in [0.1, 0.15) is 47.5 Å². The van der Waals surface area contributed by atoms with Crippen LogP contribution in [0.3, 0.4) is 0 Å². The minimum atomic E-state index is -2.58. The van der Waals surface area contributed by atoms with Crippen LogP contribution in [-0.2, 0) is 13.3 Å². The fraction of sp³-hybridized carbons (Fsp3) is 0.833. The van der Waals surface area contributed by atoms with Crippen LogP contribution in [0.2, 0.25) is 0 Å². The fourth-order valence-corrected chi connectivity index (χ4v) is 4.57. The minimum absolute atomic E-state index is 0.632. The maximum atomic E-state index is 5.84. The summed E-state index contributed by atoms with van der Waals surface area (Å²) in [5.41, 5.74) is 0. The highest BCUT2D eigenvalue weighted by Gasteiger charge is 2.44. The Bertz CT molecular complexity index is 187. The predicted molar refractivity (Wildman–Crippen MR) is 69.3 cm³/mol. The molecular formula is C12H26O3Si. The third-order valence-corrected chi connectivity index (χ3v) is 5.60. The molecule has 0 saturated carbocycles. The minimum Gasteiger partial charge on any atom is -0.370 e. The molecule has 0 aliphatic heterocycles. The Morgan fingerprint density at radius 1 is 0.938 bits per heavy atom. The number of allylic oxidation sites excluding steroid dienone is 2. The van der Waals surface area contributed by atoms with Crippen molar-refractivity contribution in [2.45, 2.75) is 47.5 Å². The highest BCUT2D eigenvalue weighted by molar-refractivity contribution is 6.68. The Hall–Kier alpha value is -0.163. The van der Waals surface area contributed by atoms with E-state index in [1.807, 2.05) is 27.7 Å². The topological polar surface area (TPSA) is 27.7 Å². The van der Waals surface area contributed by atoms with E-state index in [0.29, 0.717) is 19.8 Å². The molecule has 0 aromatic heterocycles. The zero-order valence-electron chi connectivity index (χ0n) is 11.3. The van der Waals surface area contributed by atoms with E-state index in [1.165, 1.54) is 5.20 Å². The van der Waals surface area contributed by atoms with Gasteiger partial charge in [-0.2, -0.15) is 0 Å². The lowest BCUT2D eigenvalue weighted by atomic mass is 10.3. The average Bonchev–Trinajstić information content (AvgIpc) is 2.26. The summed E-state index contributed by atoms with van der Waals surface area (Å²) >= 11 is 0. The summed E-state index contributed by atoms with van der Waals surface area (Å²) in [6.07, 6.45) is 4.17. The third kappa shape index (κ3) is 4.37. The van der Waals surface area contributed by atoms with Crippen molar-refractivity contribution in [1.29, 1.82) is 0 Å². The Morgan fingerprint density at radius 3 is 1.62 bits per heavy atom. The normalized spacial score (nSPS) is 13.2. The van der Waals surface area contributed by atoms with Crippen LogP contribution in [0, 0.1) is 0 Å². The smallest absolute Gasteiger partial charge is 0.370 e. The first-order valence-corrected chi connectivity index (χ1v) is 8.00. The summed E-state index contributed by atoms with van der Waals surface area (Å²) in [6, 6.07) is 0. The van der Waals surface area contributed by atoms with Gasteiger partial charge in [0.25, 0.3) is 0 Å². The van der Waals surface area contributed by atoms with E-state index in [4.69, 9.17) is 13.3 Å². The van der Waals surface area contributed by atoms with Gasteiger partial charge in [-0.05, 0) is 39.3 Å². The lowest BCUT2D eigenvalue weighted by molar-refractivity contribution is 0.0797. The van der Waals surface area contributed by atoms with Crippen molar-refractivity contribution in [2.75, 3.05) is 19.8 Å². The van der Waals surface area contributed by atoms with E-state index in [2.05, 4.69) is 13.0 Å². The predicted octanol–water partition coefficient (Wildman–Crippen LogP) is 3.32. The second-order valence-corrected chi connectivity index (χ2v) is 6.04. The van der Waals surface area contributed by atoms with Gasteiger partial charge in [-0.1, -0.05) is 19.4 Å². The maximum absolute atomic E-state index is 5.84. The molecule has 0 heterocycles. The molecule has 3 nitrogen and oxygen atoms in total. The Kier molecular flexibility index (Phi) is 8.84. The molecule has 0 radical (unpaired) electrons. The maximum Gasteiger partial charge on any atom is 0.532 e. The summed E-state index contributed by atoms with van der Waals surface area (Å²) in [5.74, 6) is 0. The molecule has 0 aromatic rings. The van der Waals surface area contributed by atoms with E-state index in [9.17, 15) is 0 Å². The highest BCUT2D eigenvalue weighted by Crippen LogP contribution is 2.24. The average molecular weight is 246 g/mol. The molecule has 0 saturated heterocycles. The second kappa shape index (κ2) is 8.93. The van der Waals surface area contributed by atoms with Gasteiger partial charge in [0.1, 0.15) is 0 Å². The largest absolute Gasteiger partial charge is 0.532 e. The Balaban J connectivity index is 4.94. The van der Waals surface area contributed by atoms with Crippen LogP contribution < -0.4 is 0 Å². The van der Waals surface area contributed by atoms with Crippen LogP contribution in [0.5, 0.6) is 0 Å². The van der Waals surface area contributed by atoms with E-state index in [1.54, 1.807) is 0 Å². The molecule has 0 aliphatic carbocycles. The standard InChI is InChI=1S/C12H26O3Si/c1-6-11-12(7-2)16(13-8-3,14-9-4)15-10-5/h7H,6,8-11H2,1-5H3/b12-7+. The van der Waals surface area contributed by atoms with E-state index >= 15 is 0 Å². The number of hydrogen-bond acceptors (Lipinski definition) is 3. The first-order valence-electron chi connectivity index (χ1n) is 6.28. The van der Waals surface area contributed by atoms with Crippen LogP contribution in [0.4, 0.5) is 0 Å². The summed E-state index contributed by atoms with van der Waals surface area (Å²) in [4.78, 5) is 0. The molecule has 0 rings (SSSR count). The van der Waals surface area contributed by atoms with Gasteiger partial charge >= 0.3 is 8.80 Å². The monoisotopic (exact) mass is 246 g/mol. The van der Waals surface area contributed by atoms with Crippen LogP contribution in [0.25, 0.3) is 0 Å². The molecule has 0 bridgehead atoms. The van der Waals surface area contributed by atoms with Gasteiger partial charge < -0.3 is 13.3 Å². The molecular weight excluding hydrogens is 220 g/mol. The Morgan fingerprint density at radius 2 is 1.38 bits per heavy atom. The van der Waals surface area contributed by atoms with E-state index < -0.39 is 8.80 Å². The van der Waals surface area contributed by atoms with Crippen molar-refractivity contribution in [1.82, 2.24) is 0 Å². The van der Waals surface area contributed by atoms with Gasteiger partial charge in [-0.25, -0.2) is 0 Å². The van der Waals surface area contributed by atoms with Crippen molar-refractivity contribution in [3.8, 4) is 0 Å². The molecule has 0 fully saturated rings. The third-order valence-electron chi connectivity index (χ3n) is 2.26. The Labute approximate surface area is 101 Å². The molecule has 0 spiro atoms. The summed E-state index contributed by atoms with van der Waals surface area (Å²) in [7, 11) is -2.58. The van der Waals surface area contributed by atoms with Gasteiger partial charge in [-0.15, -0.1) is 0 Å². The van der Waals surface area contributed by atoms with E-state index in [0.717, 1.165) is 12.8 Å². The lowest BCUT2D eigenvalue weighted by Crippen LogP contribution is -2.48. The summed E-state index contributed by atoms with van der Waals surface area (Å²) in [5, 5.41) is 1.21. The first kappa shape index (κ1) is 15.8. The molecule has 0 amide bonds. The lowest BCUT2D eigenvalue weighted by Gasteiger charge is -2.30. The highest BCUT2D eigenvalue weighted by atomic mass is 28.4. The van der Waals surface area contributed by atoms with Gasteiger partial charge in [-0.3, -0.25) is 0 Å². The van der Waals surface area contributed by atoms with Gasteiger partial charge in [0.2, 0.25) is 0 Å². The molecule has 0 atom stereocenters. The fourth-order valence-electron chi connectivity index (χ4n) is 1.72. The van der Waals surface area contributed by atoms with Crippen LogP contribution in [0.15, 0.2) is 11.3 Å². The van der Waals surface area contributed by atoms with Gasteiger partial charge in [0, 0.05) is 19.8 Å². The molecule has 0 N–H and O–H groups in total. The number of rotatable bonds is 9. The first-order chi connectivity index (χ1) is 7.70. The number of hydrogen-bond donors (Lipinski definition) is 0. The molecule has 4 heteroatoms. The van der Waals surface area contributed by atoms with Crippen LogP contribution in [-0.4, -0.2) is 28.6 Å². The van der Waals surface area contributed by atoms with E-state index in [-0.39, 0.29) is 0 Å². The summed E-state index contributed by atoms with van der Waals surface area (Å²) in [6.45, 7) is 12.0. The molecule has 0 aliphatic rings. The van der Waals surface area contributed by atoms with Crippen LogP contribution >= 0.6 is 0 Å². The quantitative estimate of drug-likeness (QED) is 0.584. The summed E-state index contributed by atoms with van der Waals surface area (Å²) < 4.78 is 17.5. The second-order valence-electron chi connectivity index (χ2n) is 3.42. The zero-order valence-corrected chi connectivity index (χ0v) is 12.3. The van der Waals surface area contributed by atoms with Crippen molar-refractivity contribution < 1.29 is 13.3 Å². The zero-order chi connectivity index (χ0) is 12.4. The van der Waals surface area contributed by atoms with Crippen molar-refractivity contribution in [2.24, 2.45) is 0 Å². The van der Waals surface area contributed by atoms with Gasteiger partial charge in [0.15, 0.2) is 0 Å². The molecule has 0 unspecified atom stereocenters. The van der Waals surface area contributed by atoms with Crippen molar-refractivity contribution >= 4 is 8.80 Å². The van der Waals surface area contributed by atoms with Crippen molar-refractivity contribution in [3.63, 3.8) is 0 Å². The SMILES string of the molecule is C/C=C(\CCC)[Si](OCC)(OCC)OCC. The molecule has 96 valence electrons. The molecule has 16 heavy (non-hydrogen) atoms.